The number of nitrogens with zero attached hydrogens (tertiary/aromatic N) is 3. The summed E-state index contributed by atoms with van der Waals surface area (Å²) in [6.45, 7) is 6.11. The zero-order valence-electron chi connectivity index (χ0n) is 16.0. The highest BCUT2D eigenvalue weighted by atomic mass is 32.2. The third kappa shape index (κ3) is 3.03. The van der Waals surface area contributed by atoms with E-state index in [1.54, 1.807) is 4.57 Å². The van der Waals surface area contributed by atoms with Gasteiger partial charge in [-0.25, -0.2) is 4.98 Å². The van der Waals surface area contributed by atoms with Gasteiger partial charge in [0.15, 0.2) is 14.8 Å². The maximum absolute atomic E-state index is 13.5. The number of thiazole rings is 1. The molecule has 4 rings (SSSR count). The molecule has 2 heterocycles. The Balaban J connectivity index is 2.10. The lowest BCUT2D eigenvalue weighted by Gasteiger charge is -2.14. The molecule has 0 saturated heterocycles. The highest BCUT2D eigenvalue weighted by molar-refractivity contribution is 7.98. The Morgan fingerprint density at radius 3 is 2.39 bits per heavy atom. The molecule has 28 heavy (non-hydrogen) atoms. The zero-order valence-corrected chi connectivity index (χ0v) is 18.5. The van der Waals surface area contributed by atoms with E-state index in [2.05, 4.69) is 26.0 Å². The molecule has 0 bridgehead atoms. The van der Waals surface area contributed by atoms with Gasteiger partial charge in [0.2, 0.25) is 0 Å². The first-order chi connectivity index (χ1) is 13.4. The van der Waals surface area contributed by atoms with Crippen molar-refractivity contribution in [3.8, 4) is 11.4 Å². The Labute approximate surface area is 176 Å². The molecule has 0 aliphatic rings. The van der Waals surface area contributed by atoms with Gasteiger partial charge in [-0.3, -0.25) is 13.9 Å². The molecule has 142 valence electrons. The minimum absolute atomic E-state index is 0.0803. The Kier molecular flexibility index (Phi) is 4.99. The summed E-state index contributed by atoms with van der Waals surface area (Å²) in [4.78, 5) is 18.3. The lowest BCUT2D eigenvalue weighted by molar-refractivity contribution is 0.808. The van der Waals surface area contributed by atoms with E-state index in [0.717, 1.165) is 22.5 Å². The fourth-order valence-electron chi connectivity index (χ4n) is 3.37. The summed E-state index contributed by atoms with van der Waals surface area (Å²) in [5.74, 6) is 0. The highest BCUT2D eigenvalue weighted by Crippen LogP contribution is 2.28. The van der Waals surface area contributed by atoms with Crippen molar-refractivity contribution in [2.45, 2.75) is 25.9 Å². The molecule has 0 spiro atoms. The standard InChI is InChI=1S/C21H19N3OS3/c1-12-9-10-16(14(3)11-12)23-18-17(28-21(23)26)19(25)24(20(22-18)27-4)15-8-6-5-7-13(15)2/h5-11H,1-4H3. The number of para-hydroxylation sites is 1. The van der Waals surface area contributed by atoms with Crippen LogP contribution in [0.2, 0.25) is 0 Å². The summed E-state index contributed by atoms with van der Waals surface area (Å²) in [5.41, 5.74) is 5.68. The van der Waals surface area contributed by atoms with Crippen molar-refractivity contribution >= 4 is 45.7 Å². The van der Waals surface area contributed by atoms with Gasteiger partial charge in [-0.1, -0.05) is 59.0 Å². The molecule has 0 N–H and O–H groups in total. The van der Waals surface area contributed by atoms with Gasteiger partial charge < -0.3 is 0 Å². The summed E-state index contributed by atoms with van der Waals surface area (Å²) in [6.07, 6.45) is 1.94. The predicted octanol–water partition coefficient (Wildman–Crippen LogP) is 5.61. The first-order valence-corrected chi connectivity index (χ1v) is 11.2. The number of aromatic nitrogens is 3. The molecule has 0 atom stereocenters. The number of thioether (sulfide) groups is 1. The van der Waals surface area contributed by atoms with Gasteiger partial charge in [-0.05, 0) is 62.5 Å². The van der Waals surface area contributed by atoms with Crippen LogP contribution in [-0.4, -0.2) is 20.4 Å². The molecule has 4 nitrogen and oxygen atoms in total. The second kappa shape index (κ2) is 7.31. The SMILES string of the molecule is CSc1nc2c(sc(=S)n2-c2ccc(C)cc2C)c(=O)n1-c1ccccc1C. The van der Waals surface area contributed by atoms with Crippen molar-refractivity contribution in [3.05, 3.63) is 73.5 Å². The summed E-state index contributed by atoms with van der Waals surface area (Å²) >= 11 is 8.42. The maximum Gasteiger partial charge on any atom is 0.278 e. The van der Waals surface area contributed by atoms with Crippen LogP contribution in [0, 0.1) is 24.7 Å². The Bertz CT molecular complexity index is 1330. The minimum Gasteiger partial charge on any atom is -0.275 e. The molecule has 0 fully saturated rings. The van der Waals surface area contributed by atoms with E-state index in [0.29, 0.717) is 19.5 Å². The van der Waals surface area contributed by atoms with Crippen molar-refractivity contribution in [1.82, 2.24) is 14.1 Å². The van der Waals surface area contributed by atoms with Gasteiger partial charge in [0.1, 0.15) is 4.70 Å². The van der Waals surface area contributed by atoms with E-state index in [9.17, 15) is 4.79 Å². The fraction of sp³-hybridized carbons (Fsp3) is 0.190. The predicted molar refractivity (Wildman–Crippen MR) is 121 cm³/mol. The van der Waals surface area contributed by atoms with Gasteiger partial charge in [0.05, 0.1) is 11.4 Å². The molecule has 0 amide bonds. The van der Waals surface area contributed by atoms with Crippen LogP contribution in [0.3, 0.4) is 0 Å². The Hall–Kier alpha value is -2.22. The van der Waals surface area contributed by atoms with Crippen LogP contribution < -0.4 is 5.56 Å². The normalized spacial score (nSPS) is 11.3. The van der Waals surface area contributed by atoms with Crippen molar-refractivity contribution in [3.63, 3.8) is 0 Å². The van der Waals surface area contributed by atoms with Gasteiger partial charge in [0, 0.05) is 0 Å². The molecule has 0 aliphatic carbocycles. The van der Waals surface area contributed by atoms with Crippen molar-refractivity contribution in [2.75, 3.05) is 6.26 Å². The Morgan fingerprint density at radius 1 is 1.00 bits per heavy atom. The summed E-state index contributed by atoms with van der Waals surface area (Å²) < 4.78 is 4.82. The number of benzene rings is 2. The zero-order chi connectivity index (χ0) is 20.0. The lowest BCUT2D eigenvalue weighted by atomic mass is 10.1. The quantitative estimate of drug-likeness (QED) is 0.243. The van der Waals surface area contributed by atoms with Crippen LogP contribution in [0.1, 0.15) is 16.7 Å². The number of aryl methyl sites for hydroxylation is 3. The van der Waals surface area contributed by atoms with E-state index < -0.39 is 0 Å². The average molecular weight is 426 g/mol. The maximum atomic E-state index is 13.5. The number of hydrogen-bond donors (Lipinski definition) is 0. The highest BCUT2D eigenvalue weighted by Gasteiger charge is 2.19. The van der Waals surface area contributed by atoms with E-state index in [-0.39, 0.29) is 5.56 Å². The summed E-state index contributed by atoms with van der Waals surface area (Å²) in [5, 5.41) is 0.651. The second-order valence-electron chi connectivity index (χ2n) is 6.67. The molecular formula is C21H19N3OS3. The first-order valence-electron chi connectivity index (χ1n) is 8.78. The molecular weight excluding hydrogens is 406 g/mol. The number of rotatable bonds is 3. The van der Waals surface area contributed by atoms with Gasteiger partial charge in [-0.2, -0.15) is 0 Å². The molecule has 7 heteroatoms. The first kappa shape index (κ1) is 19.1. The molecule has 2 aromatic heterocycles. The summed E-state index contributed by atoms with van der Waals surface area (Å²) in [7, 11) is 0. The third-order valence-electron chi connectivity index (χ3n) is 4.71. The average Bonchev–Trinajstić information content (AvgIpc) is 2.99. The van der Waals surface area contributed by atoms with Crippen LogP contribution >= 0.6 is 35.3 Å². The monoisotopic (exact) mass is 425 g/mol. The van der Waals surface area contributed by atoms with Crippen molar-refractivity contribution < 1.29 is 0 Å². The van der Waals surface area contributed by atoms with E-state index >= 15 is 0 Å². The van der Waals surface area contributed by atoms with Gasteiger partial charge in [0.25, 0.3) is 5.56 Å². The van der Waals surface area contributed by atoms with Crippen LogP contribution in [0.5, 0.6) is 0 Å². The summed E-state index contributed by atoms with van der Waals surface area (Å²) in [6, 6.07) is 14.1. The van der Waals surface area contributed by atoms with E-state index in [1.807, 2.05) is 48.1 Å². The van der Waals surface area contributed by atoms with E-state index in [1.165, 1.54) is 28.7 Å². The number of hydrogen-bond acceptors (Lipinski definition) is 5. The molecule has 0 radical (unpaired) electrons. The molecule has 0 aliphatic heterocycles. The van der Waals surface area contributed by atoms with Crippen LogP contribution in [-0.2, 0) is 0 Å². The second-order valence-corrected chi connectivity index (χ2v) is 9.09. The molecule has 0 saturated carbocycles. The topological polar surface area (TPSA) is 39.8 Å². The van der Waals surface area contributed by atoms with Crippen LogP contribution in [0.4, 0.5) is 0 Å². The molecule has 2 aromatic carbocycles. The largest absolute Gasteiger partial charge is 0.278 e. The van der Waals surface area contributed by atoms with Gasteiger partial charge in [-0.15, -0.1) is 0 Å². The van der Waals surface area contributed by atoms with Gasteiger partial charge >= 0.3 is 0 Å². The van der Waals surface area contributed by atoms with Crippen molar-refractivity contribution in [2.24, 2.45) is 0 Å². The third-order valence-corrected chi connectivity index (χ3v) is 6.70. The molecule has 0 unspecified atom stereocenters. The van der Waals surface area contributed by atoms with Crippen LogP contribution in [0.15, 0.2) is 52.4 Å². The van der Waals surface area contributed by atoms with Crippen LogP contribution in [0.25, 0.3) is 21.7 Å². The smallest absolute Gasteiger partial charge is 0.275 e. The van der Waals surface area contributed by atoms with E-state index in [4.69, 9.17) is 17.2 Å². The minimum atomic E-state index is -0.0803. The lowest BCUT2D eigenvalue weighted by Crippen LogP contribution is -2.22. The molecule has 4 aromatic rings. The van der Waals surface area contributed by atoms with Crippen molar-refractivity contribution in [1.29, 1.82) is 0 Å². The fourth-order valence-corrected chi connectivity index (χ4v) is 5.20. The number of fused-ring (bicyclic) bond motifs is 1. The Morgan fingerprint density at radius 2 is 1.71 bits per heavy atom.